The van der Waals surface area contributed by atoms with Crippen LogP contribution >= 0.6 is 11.3 Å². The molecule has 4 N–H and O–H groups in total. The summed E-state index contributed by atoms with van der Waals surface area (Å²) in [5, 5.41) is 10.9. The van der Waals surface area contributed by atoms with E-state index in [9.17, 15) is 4.79 Å². The molecule has 0 aliphatic carbocycles. The fourth-order valence-electron chi connectivity index (χ4n) is 2.44. The number of likely N-dealkylation sites (tertiary alicyclic amines) is 1. The van der Waals surface area contributed by atoms with Crippen molar-refractivity contribution in [3.8, 4) is 0 Å². The predicted molar refractivity (Wildman–Crippen MR) is 71.1 cm³/mol. The second kappa shape index (κ2) is 6.29. The van der Waals surface area contributed by atoms with Crippen LogP contribution in [-0.2, 0) is 6.54 Å². The minimum Gasteiger partial charge on any atom is -0.396 e. The van der Waals surface area contributed by atoms with E-state index >= 15 is 0 Å². The van der Waals surface area contributed by atoms with Gasteiger partial charge in [0.1, 0.15) is 0 Å². The molecule has 6 heteroatoms. The summed E-state index contributed by atoms with van der Waals surface area (Å²) in [5.41, 5.74) is 3.22. The average Bonchev–Trinajstić information content (AvgIpc) is 2.99. The summed E-state index contributed by atoms with van der Waals surface area (Å²) in [6.07, 6.45) is 2.00. The van der Waals surface area contributed by atoms with Crippen molar-refractivity contribution in [3.05, 3.63) is 21.9 Å². The minimum absolute atomic E-state index is 0.217. The highest BCUT2D eigenvalue weighted by atomic mass is 32.1. The van der Waals surface area contributed by atoms with E-state index in [4.69, 9.17) is 10.9 Å². The largest absolute Gasteiger partial charge is 0.396 e. The molecule has 1 aliphatic heterocycles. The van der Waals surface area contributed by atoms with E-state index in [0.717, 1.165) is 38.0 Å². The Morgan fingerprint density at radius 3 is 3.22 bits per heavy atom. The van der Waals surface area contributed by atoms with Crippen LogP contribution in [0.15, 0.2) is 11.4 Å². The van der Waals surface area contributed by atoms with Gasteiger partial charge in [0.15, 0.2) is 0 Å². The van der Waals surface area contributed by atoms with Crippen LogP contribution < -0.4 is 11.3 Å². The van der Waals surface area contributed by atoms with Gasteiger partial charge in [-0.15, -0.1) is 11.3 Å². The number of aliphatic hydroxyl groups is 1. The molecule has 5 nitrogen and oxygen atoms in total. The second-order valence-corrected chi connectivity index (χ2v) is 5.57. The van der Waals surface area contributed by atoms with Gasteiger partial charge in [0.25, 0.3) is 5.91 Å². The van der Waals surface area contributed by atoms with Gasteiger partial charge in [0.05, 0.1) is 4.88 Å². The van der Waals surface area contributed by atoms with Crippen molar-refractivity contribution in [2.75, 3.05) is 19.7 Å². The fourth-order valence-corrected chi connectivity index (χ4v) is 3.26. The average molecular weight is 269 g/mol. The summed E-state index contributed by atoms with van der Waals surface area (Å²) < 4.78 is 0. The zero-order chi connectivity index (χ0) is 13.0. The molecule has 2 heterocycles. The molecule has 100 valence electrons. The molecule has 1 aromatic rings. The predicted octanol–water partition coefficient (Wildman–Crippen LogP) is 0.556. The number of rotatable bonds is 5. The lowest BCUT2D eigenvalue weighted by Crippen LogP contribution is -2.30. The monoisotopic (exact) mass is 269 g/mol. The van der Waals surface area contributed by atoms with Crippen LogP contribution in [0.2, 0.25) is 0 Å². The molecule has 1 amide bonds. The lowest BCUT2D eigenvalue weighted by atomic mass is 10.1. The van der Waals surface area contributed by atoms with E-state index in [0.29, 0.717) is 10.8 Å². The second-order valence-electron chi connectivity index (χ2n) is 4.65. The summed E-state index contributed by atoms with van der Waals surface area (Å²) in [7, 11) is 0. The first-order valence-corrected chi connectivity index (χ1v) is 7.03. The Hall–Kier alpha value is -0.950. The lowest BCUT2D eigenvalue weighted by Gasteiger charge is -2.15. The third-order valence-electron chi connectivity index (χ3n) is 3.39. The van der Waals surface area contributed by atoms with Crippen molar-refractivity contribution in [2.45, 2.75) is 19.4 Å². The van der Waals surface area contributed by atoms with Crippen LogP contribution in [0.4, 0.5) is 0 Å². The molecule has 1 aliphatic rings. The van der Waals surface area contributed by atoms with Gasteiger partial charge in [-0.3, -0.25) is 15.1 Å². The Labute approximate surface area is 111 Å². The number of nitrogens with zero attached hydrogens (tertiary/aromatic N) is 1. The number of aliphatic hydroxyl groups excluding tert-OH is 1. The number of nitrogens with two attached hydrogens (primary N) is 1. The van der Waals surface area contributed by atoms with Crippen molar-refractivity contribution in [1.29, 1.82) is 0 Å². The van der Waals surface area contributed by atoms with E-state index in [1.54, 1.807) is 0 Å². The third-order valence-corrected chi connectivity index (χ3v) is 4.34. The Balaban J connectivity index is 1.94. The molecule has 1 aromatic heterocycles. The van der Waals surface area contributed by atoms with Crippen molar-refractivity contribution < 1.29 is 9.90 Å². The molecule has 0 aromatic carbocycles. The number of carbonyl (C=O) groups excluding carboxylic acids is 1. The first kappa shape index (κ1) is 13.5. The molecule has 2 rings (SSSR count). The highest BCUT2D eigenvalue weighted by Crippen LogP contribution is 2.24. The van der Waals surface area contributed by atoms with Crippen LogP contribution in [0.5, 0.6) is 0 Å². The maximum atomic E-state index is 11.6. The van der Waals surface area contributed by atoms with Gasteiger partial charge in [-0.05, 0) is 42.3 Å². The van der Waals surface area contributed by atoms with Gasteiger partial charge in [-0.25, -0.2) is 5.84 Å². The van der Waals surface area contributed by atoms with E-state index in [-0.39, 0.29) is 12.5 Å². The number of hydrazine groups is 1. The molecule has 1 fully saturated rings. The molecule has 1 saturated heterocycles. The molecule has 0 bridgehead atoms. The molecule has 18 heavy (non-hydrogen) atoms. The molecular formula is C12H19N3O2S. The number of nitrogens with one attached hydrogen (secondary N) is 1. The Kier molecular flexibility index (Phi) is 4.71. The normalized spacial score (nSPS) is 20.2. The summed E-state index contributed by atoms with van der Waals surface area (Å²) in [6, 6.07) is 1.98. The highest BCUT2D eigenvalue weighted by Gasteiger charge is 2.23. The number of hydrogen-bond acceptors (Lipinski definition) is 5. The number of hydrogen-bond donors (Lipinski definition) is 3. The fraction of sp³-hybridized carbons (Fsp3) is 0.583. The van der Waals surface area contributed by atoms with Gasteiger partial charge in [-0.2, -0.15) is 0 Å². The molecule has 0 radical (unpaired) electrons. The maximum Gasteiger partial charge on any atom is 0.275 e. The Morgan fingerprint density at radius 1 is 1.67 bits per heavy atom. The van der Waals surface area contributed by atoms with Crippen LogP contribution in [0.1, 0.15) is 28.1 Å². The summed E-state index contributed by atoms with van der Waals surface area (Å²) in [6.45, 7) is 3.08. The minimum atomic E-state index is -0.217. The summed E-state index contributed by atoms with van der Waals surface area (Å²) in [4.78, 5) is 14.6. The van der Waals surface area contributed by atoms with Gasteiger partial charge < -0.3 is 5.11 Å². The van der Waals surface area contributed by atoms with E-state index in [2.05, 4.69) is 10.3 Å². The Morgan fingerprint density at radius 2 is 2.50 bits per heavy atom. The zero-order valence-electron chi connectivity index (χ0n) is 10.3. The Bertz CT molecular complexity index is 408. The number of nitrogen functional groups attached to an aromatic ring is 1. The molecule has 1 unspecified atom stereocenters. The first-order chi connectivity index (χ1) is 8.74. The van der Waals surface area contributed by atoms with Gasteiger partial charge in [0.2, 0.25) is 0 Å². The van der Waals surface area contributed by atoms with Gasteiger partial charge >= 0.3 is 0 Å². The molecule has 0 spiro atoms. The van der Waals surface area contributed by atoms with Crippen molar-refractivity contribution in [3.63, 3.8) is 0 Å². The molecule has 0 saturated carbocycles. The number of amides is 1. The lowest BCUT2D eigenvalue weighted by molar-refractivity contribution is 0.0956. The third kappa shape index (κ3) is 3.08. The van der Waals surface area contributed by atoms with Crippen LogP contribution in [-0.4, -0.2) is 35.6 Å². The number of thiophene rings is 1. The van der Waals surface area contributed by atoms with E-state index in [1.807, 2.05) is 11.4 Å². The van der Waals surface area contributed by atoms with Crippen LogP contribution in [0, 0.1) is 5.92 Å². The van der Waals surface area contributed by atoms with Crippen LogP contribution in [0.25, 0.3) is 0 Å². The summed E-state index contributed by atoms with van der Waals surface area (Å²) >= 11 is 1.42. The smallest absolute Gasteiger partial charge is 0.275 e. The maximum absolute atomic E-state index is 11.6. The quantitative estimate of drug-likeness (QED) is 0.414. The van der Waals surface area contributed by atoms with Gasteiger partial charge in [0, 0.05) is 19.7 Å². The zero-order valence-corrected chi connectivity index (χ0v) is 11.1. The van der Waals surface area contributed by atoms with Gasteiger partial charge in [-0.1, -0.05) is 0 Å². The topological polar surface area (TPSA) is 78.6 Å². The van der Waals surface area contributed by atoms with E-state index in [1.165, 1.54) is 11.3 Å². The number of carbonyl (C=O) groups is 1. The van der Waals surface area contributed by atoms with E-state index < -0.39 is 0 Å². The van der Waals surface area contributed by atoms with Crippen molar-refractivity contribution in [2.24, 2.45) is 11.8 Å². The highest BCUT2D eigenvalue weighted by molar-refractivity contribution is 7.12. The van der Waals surface area contributed by atoms with Crippen molar-refractivity contribution >= 4 is 17.2 Å². The molecular weight excluding hydrogens is 250 g/mol. The standard InChI is InChI=1S/C12H19N3O2S/c13-14-12(17)11-10(3-6-18-11)8-15-4-1-9(7-15)2-5-16/h3,6,9,16H,1-2,4-5,7-8,13H2,(H,14,17). The summed E-state index contributed by atoms with van der Waals surface area (Å²) in [5.74, 6) is 5.53. The SMILES string of the molecule is NNC(=O)c1sccc1CN1CCC(CCO)C1. The van der Waals surface area contributed by atoms with Crippen LogP contribution in [0.3, 0.4) is 0 Å². The first-order valence-electron chi connectivity index (χ1n) is 6.15. The molecule has 1 atom stereocenters. The van der Waals surface area contributed by atoms with Crippen molar-refractivity contribution in [1.82, 2.24) is 10.3 Å².